The van der Waals surface area contributed by atoms with Gasteiger partial charge in [-0.05, 0) is 59.6 Å². The van der Waals surface area contributed by atoms with Crippen molar-refractivity contribution in [1.29, 1.82) is 0 Å². The molecule has 0 aliphatic carbocycles. The molecule has 2 N–H and O–H groups in total. The highest BCUT2D eigenvalue weighted by atomic mass is 79.9. The fourth-order valence-corrected chi connectivity index (χ4v) is 3.60. The highest BCUT2D eigenvalue weighted by molar-refractivity contribution is 9.11. The quantitative estimate of drug-likeness (QED) is 0.332. The minimum atomic E-state index is -0.449. The zero-order chi connectivity index (χ0) is 21.6. The summed E-state index contributed by atoms with van der Waals surface area (Å²) in [6.45, 7) is 3.31. The SMILES string of the molecule is C/C(CC(=O)Nc1cccc(Cl)c1Cl)=N/NC(=O)COc1cc(C)c(Br)cc1Br. The van der Waals surface area contributed by atoms with Gasteiger partial charge in [0.1, 0.15) is 5.75 Å². The summed E-state index contributed by atoms with van der Waals surface area (Å²) in [5, 5.41) is 7.16. The summed E-state index contributed by atoms with van der Waals surface area (Å²) in [5.74, 6) is -0.246. The van der Waals surface area contributed by atoms with Gasteiger partial charge in [0.05, 0.1) is 26.6 Å². The molecule has 10 heteroatoms. The van der Waals surface area contributed by atoms with Gasteiger partial charge in [0, 0.05) is 10.2 Å². The molecular formula is C19H17Br2Cl2N3O3. The van der Waals surface area contributed by atoms with Crippen molar-refractivity contribution in [2.75, 3.05) is 11.9 Å². The largest absolute Gasteiger partial charge is 0.483 e. The maximum Gasteiger partial charge on any atom is 0.277 e. The molecule has 0 spiro atoms. The van der Waals surface area contributed by atoms with Crippen LogP contribution in [0.15, 0.2) is 44.4 Å². The lowest BCUT2D eigenvalue weighted by Crippen LogP contribution is -2.26. The molecule has 0 unspecified atom stereocenters. The van der Waals surface area contributed by atoms with E-state index < -0.39 is 5.91 Å². The Labute approximate surface area is 195 Å². The number of carbonyl (C=O) groups is 2. The van der Waals surface area contributed by atoms with Crippen LogP contribution in [0.5, 0.6) is 5.75 Å². The molecule has 0 heterocycles. The Hall–Kier alpha value is -1.61. The lowest BCUT2D eigenvalue weighted by molar-refractivity contribution is -0.123. The highest BCUT2D eigenvalue weighted by Crippen LogP contribution is 2.31. The number of benzene rings is 2. The third-order valence-corrected chi connectivity index (χ3v) is 5.88. The standard InChI is InChI=1S/C19H17Br2Cl2N3O3/c1-10-6-16(13(21)8-12(10)20)29-9-18(28)26-25-11(2)7-17(27)24-15-5-3-4-14(22)19(15)23/h3-6,8H,7,9H2,1-2H3,(H,24,27)(H,26,28)/b25-11-. The Bertz CT molecular complexity index is 968. The first kappa shape index (κ1) is 23.7. The Morgan fingerprint density at radius 1 is 1.14 bits per heavy atom. The minimum Gasteiger partial charge on any atom is -0.483 e. The van der Waals surface area contributed by atoms with Crippen LogP contribution in [-0.4, -0.2) is 24.1 Å². The van der Waals surface area contributed by atoms with Crippen LogP contribution in [0.4, 0.5) is 5.69 Å². The average Bonchev–Trinajstić information content (AvgIpc) is 2.65. The number of aryl methyl sites for hydroxylation is 1. The van der Waals surface area contributed by atoms with E-state index in [0.717, 1.165) is 14.5 Å². The molecule has 2 rings (SSSR count). The van der Waals surface area contributed by atoms with E-state index in [2.05, 4.69) is 47.7 Å². The van der Waals surface area contributed by atoms with E-state index in [1.165, 1.54) is 0 Å². The second-order valence-corrected chi connectivity index (χ2v) is 8.52. The van der Waals surface area contributed by atoms with Gasteiger partial charge in [-0.25, -0.2) is 5.43 Å². The van der Waals surface area contributed by atoms with Crippen molar-refractivity contribution in [2.24, 2.45) is 5.10 Å². The lowest BCUT2D eigenvalue weighted by atomic mass is 10.2. The molecule has 0 radical (unpaired) electrons. The van der Waals surface area contributed by atoms with Crippen molar-refractivity contribution in [2.45, 2.75) is 20.3 Å². The molecule has 2 aromatic carbocycles. The molecule has 6 nitrogen and oxygen atoms in total. The number of anilines is 1. The first-order valence-electron chi connectivity index (χ1n) is 8.31. The predicted octanol–water partition coefficient (Wildman–Crippen LogP) is 5.73. The molecule has 0 bridgehead atoms. The van der Waals surface area contributed by atoms with Crippen LogP contribution in [0.3, 0.4) is 0 Å². The van der Waals surface area contributed by atoms with Crippen molar-refractivity contribution in [3.63, 3.8) is 0 Å². The van der Waals surface area contributed by atoms with E-state index in [0.29, 0.717) is 22.2 Å². The first-order chi connectivity index (χ1) is 13.7. The van der Waals surface area contributed by atoms with Crippen molar-refractivity contribution in [3.05, 3.63) is 54.9 Å². The Balaban J connectivity index is 1.84. The highest BCUT2D eigenvalue weighted by Gasteiger charge is 2.11. The van der Waals surface area contributed by atoms with E-state index in [1.54, 1.807) is 31.2 Å². The van der Waals surface area contributed by atoms with Gasteiger partial charge in [0.2, 0.25) is 5.91 Å². The zero-order valence-electron chi connectivity index (χ0n) is 15.5. The minimum absolute atomic E-state index is 0.0264. The Morgan fingerprint density at radius 2 is 1.86 bits per heavy atom. The van der Waals surface area contributed by atoms with Crippen LogP contribution in [-0.2, 0) is 9.59 Å². The topological polar surface area (TPSA) is 79.8 Å². The first-order valence-corrected chi connectivity index (χ1v) is 10.7. The molecule has 0 aliphatic heterocycles. The summed E-state index contributed by atoms with van der Waals surface area (Å²) < 4.78 is 7.15. The smallest absolute Gasteiger partial charge is 0.277 e. The van der Waals surface area contributed by atoms with Gasteiger partial charge in [-0.15, -0.1) is 0 Å². The fraction of sp³-hybridized carbons (Fsp3) is 0.211. The van der Waals surface area contributed by atoms with E-state index >= 15 is 0 Å². The molecule has 0 saturated carbocycles. The predicted molar refractivity (Wildman–Crippen MR) is 123 cm³/mol. The summed E-state index contributed by atoms with van der Waals surface area (Å²) >= 11 is 18.8. The van der Waals surface area contributed by atoms with Gasteiger partial charge in [-0.2, -0.15) is 5.10 Å². The fourth-order valence-electron chi connectivity index (χ4n) is 2.14. The van der Waals surface area contributed by atoms with Crippen molar-refractivity contribution in [1.82, 2.24) is 5.43 Å². The third kappa shape index (κ3) is 7.29. The molecular weight excluding hydrogens is 549 g/mol. The summed E-state index contributed by atoms with van der Waals surface area (Å²) in [4.78, 5) is 24.0. The molecule has 2 amide bonds. The second-order valence-electron chi connectivity index (χ2n) is 6.03. The number of hydrogen-bond donors (Lipinski definition) is 2. The van der Waals surface area contributed by atoms with Gasteiger partial charge >= 0.3 is 0 Å². The molecule has 0 saturated heterocycles. The van der Waals surface area contributed by atoms with Gasteiger partial charge in [0.25, 0.3) is 5.91 Å². The van der Waals surface area contributed by atoms with Crippen molar-refractivity contribution >= 4 is 78.3 Å². The number of nitrogens with zero attached hydrogens (tertiary/aromatic N) is 1. The van der Waals surface area contributed by atoms with E-state index in [9.17, 15) is 9.59 Å². The maximum absolute atomic E-state index is 12.1. The molecule has 154 valence electrons. The molecule has 2 aromatic rings. The van der Waals surface area contributed by atoms with Crippen LogP contribution in [0.2, 0.25) is 10.0 Å². The number of carbonyl (C=O) groups excluding carboxylic acids is 2. The van der Waals surface area contributed by atoms with Crippen LogP contribution in [0.1, 0.15) is 18.9 Å². The number of nitrogens with one attached hydrogen (secondary N) is 2. The van der Waals surface area contributed by atoms with Crippen LogP contribution in [0, 0.1) is 6.92 Å². The van der Waals surface area contributed by atoms with Crippen molar-refractivity contribution < 1.29 is 14.3 Å². The van der Waals surface area contributed by atoms with E-state index in [-0.39, 0.29) is 24.0 Å². The van der Waals surface area contributed by atoms with E-state index in [4.69, 9.17) is 27.9 Å². The number of rotatable bonds is 7. The Morgan fingerprint density at radius 3 is 2.59 bits per heavy atom. The number of ether oxygens (including phenoxy) is 1. The van der Waals surface area contributed by atoms with Crippen LogP contribution < -0.4 is 15.5 Å². The van der Waals surface area contributed by atoms with Gasteiger partial charge in [-0.1, -0.05) is 45.2 Å². The van der Waals surface area contributed by atoms with Gasteiger partial charge in [0.15, 0.2) is 6.61 Å². The van der Waals surface area contributed by atoms with Crippen LogP contribution >= 0.6 is 55.1 Å². The molecule has 0 aromatic heterocycles. The number of amides is 2. The maximum atomic E-state index is 12.1. The lowest BCUT2D eigenvalue weighted by Gasteiger charge is -2.10. The molecule has 29 heavy (non-hydrogen) atoms. The molecule has 0 aliphatic rings. The van der Waals surface area contributed by atoms with Gasteiger partial charge in [-0.3, -0.25) is 9.59 Å². The van der Waals surface area contributed by atoms with Gasteiger partial charge < -0.3 is 10.1 Å². The third-order valence-electron chi connectivity index (χ3n) is 3.59. The number of hydrogen-bond acceptors (Lipinski definition) is 4. The summed E-state index contributed by atoms with van der Waals surface area (Å²) in [5.41, 5.74) is 4.15. The monoisotopic (exact) mass is 563 g/mol. The average molecular weight is 566 g/mol. The van der Waals surface area contributed by atoms with Crippen molar-refractivity contribution in [3.8, 4) is 5.75 Å². The van der Waals surface area contributed by atoms with Crippen LogP contribution in [0.25, 0.3) is 0 Å². The van der Waals surface area contributed by atoms with E-state index in [1.807, 2.05) is 13.0 Å². The number of halogens is 4. The normalized spacial score (nSPS) is 11.2. The second kappa shape index (κ2) is 11.0. The summed E-state index contributed by atoms with van der Waals surface area (Å²) in [7, 11) is 0. The molecule has 0 fully saturated rings. The summed E-state index contributed by atoms with van der Waals surface area (Å²) in [6, 6.07) is 8.59. The summed E-state index contributed by atoms with van der Waals surface area (Å²) in [6.07, 6.45) is -0.0264. The number of hydrazone groups is 1. The Kier molecular flexibility index (Phi) is 8.95. The molecule has 0 atom stereocenters. The zero-order valence-corrected chi connectivity index (χ0v) is 20.2.